The van der Waals surface area contributed by atoms with Crippen LogP contribution in [-0.4, -0.2) is 30.3 Å². The van der Waals surface area contributed by atoms with Crippen molar-refractivity contribution in [2.24, 2.45) is 7.05 Å². The highest BCUT2D eigenvalue weighted by molar-refractivity contribution is 5.96. The molecule has 0 saturated heterocycles. The van der Waals surface area contributed by atoms with E-state index in [1.54, 1.807) is 61.4 Å². The molecule has 0 aliphatic rings. The van der Waals surface area contributed by atoms with E-state index in [1.165, 1.54) is 4.57 Å². The minimum absolute atomic E-state index is 0.154. The summed E-state index contributed by atoms with van der Waals surface area (Å²) >= 11 is 0. The van der Waals surface area contributed by atoms with Gasteiger partial charge in [-0.3, -0.25) is 14.3 Å². The number of aliphatic hydroxyl groups is 1. The molecule has 0 saturated carbocycles. The van der Waals surface area contributed by atoms with Crippen molar-refractivity contribution < 1.29 is 9.90 Å². The van der Waals surface area contributed by atoms with Crippen molar-refractivity contribution in [2.45, 2.75) is 26.0 Å². The Bertz CT molecular complexity index is 1660. The van der Waals surface area contributed by atoms with Crippen molar-refractivity contribution in [1.29, 1.82) is 0 Å². The minimum Gasteiger partial charge on any atom is -0.386 e. The smallest absolute Gasteiger partial charge is 0.261 e. The quantitative estimate of drug-likeness (QED) is 0.338. The van der Waals surface area contributed by atoms with Crippen LogP contribution in [0.15, 0.2) is 78.0 Å². The molecule has 3 N–H and O–H groups in total. The number of hydrogen-bond donors (Lipinski definition) is 3. The first kappa shape index (κ1) is 23.3. The highest BCUT2D eigenvalue weighted by atomic mass is 16.3. The van der Waals surface area contributed by atoms with Gasteiger partial charge in [-0.2, -0.15) is 5.10 Å². The summed E-state index contributed by atoms with van der Waals surface area (Å²) in [5, 5.41) is 22.7. The molecule has 0 unspecified atom stereocenters. The van der Waals surface area contributed by atoms with E-state index >= 15 is 0 Å². The molecular weight excluding hydrogens is 456 g/mol. The molecular formula is C27H26N6O3. The maximum Gasteiger partial charge on any atom is 0.261 e. The SMILES string of the molecule is Cn1ncc2cc(Nc3cccc4ccn(CC(=O)Nc5cccc(C(C)(C)O)c5)c(=O)c34)cnc21. The van der Waals surface area contributed by atoms with Gasteiger partial charge in [0.1, 0.15) is 6.54 Å². The summed E-state index contributed by atoms with van der Waals surface area (Å²) < 4.78 is 3.08. The third-order valence-electron chi connectivity index (χ3n) is 6.02. The maximum atomic E-state index is 13.4. The number of hydrogen-bond acceptors (Lipinski definition) is 6. The predicted octanol–water partition coefficient (Wildman–Crippen LogP) is 3.89. The van der Waals surface area contributed by atoms with Gasteiger partial charge in [-0.15, -0.1) is 0 Å². The van der Waals surface area contributed by atoms with Gasteiger partial charge in [0.2, 0.25) is 5.91 Å². The van der Waals surface area contributed by atoms with E-state index < -0.39 is 5.60 Å². The summed E-state index contributed by atoms with van der Waals surface area (Å²) in [4.78, 5) is 30.6. The first-order chi connectivity index (χ1) is 17.2. The van der Waals surface area contributed by atoms with Gasteiger partial charge in [-0.1, -0.05) is 24.3 Å². The van der Waals surface area contributed by atoms with E-state index in [0.717, 1.165) is 22.1 Å². The molecule has 0 aliphatic carbocycles. The van der Waals surface area contributed by atoms with Crippen molar-refractivity contribution in [3.63, 3.8) is 0 Å². The van der Waals surface area contributed by atoms with Crippen LogP contribution in [0.5, 0.6) is 0 Å². The van der Waals surface area contributed by atoms with E-state index in [9.17, 15) is 14.7 Å². The lowest BCUT2D eigenvalue weighted by Gasteiger charge is -2.18. The maximum absolute atomic E-state index is 13.4. The van der Waals surface area contributed by atoms with Gasteiger partial charge in [0.05, 0.1) is 34.8 Å². The molecule has 182 valence electrons. The number of pyridine rings is 2. The second-order valence-electron chi connectivity index (χ2n) is 9.24. The molecule has 5 rings (SSSR count). The first-order valence-corrected chi connectivity index (χ1v) is 11.5. The molecule has 2 aromatic carbocycles. The molecule has 0 bridgehead atoms. The standard InChI is InChI=1S/C27H26N6O3/c1-27(2,36)19-7-5-8-20(13-19)31-23(34)16-33-11-10-17-6-4-9-22(24(17)26(33)35)30-21-12-18-14-29-32(3)25(18)28-15-21/h4-15,30,36H,16H2,1-3H3,(H,31,34). The number of aryl methyl sites for hydroxylation is 1. The summed E-state index contributed by atoms with van der Waals surface area (Å²) in [6, 6.07) is 16.3. The molecule has 1 amide bonds. The lowest BCUT2D eigenvalue weighted by atomic mass is 9.98. The first-order valence-electron chi connectivity index (χ1n) is 11.5. The van der Waals surface area contributed by atoms with Gasteiger partial charge in [-0.05, 0) is 55.1 Å². The molecule has 0 atom stereocenters. The fourth-order valence-electron chi connectivity index (χ4n) is 4.16. The fraction of sp³-hybridized carbons (Fsp3) is 0.185. The Morgan fingerprint density at radius 3 is 2.64 bits per heavy atom. The van der Waals surface area contributed by atoms with E-state index in [4.69, 9.17) is 0 Å². The zero-order valence-corrected chi connectivity index (χ0v) is 20.2. The largest absolute Gasteiger partial charge is 0.386 e. The molecule has 5 aromatic rings. The van der Waals surface area contributed by atoms with E-state index in [1.807, 2.05) is 37.4 Å². The topological polar surface area (TPSA) is 114 Å². The number of rotatable bonds is 6. The molecule has 0 fully saturated rings. The van der Waals surface area contributed by atoms with Crippen molar-refractivity contribution in [3.05, 3.63) is 89.1 Å². The Labute approximate surface area is 207 Å². The van der Waals surface area contributed by atoms with Crippen molar-refractivity contribution >= 4 is 44.8 Å². The second-order valence-corrected chi connectivity index (χ2v) is 9.24. The van der Waals surface area contributed by atoms with Gasteiger partial charge in [-0.25, -0.2) is 4.98 Å². The van der Waals surface area contributed by atoms with Crippen LogP contribution in [0.1, 0.15) is 19.4 Å². The van der Waals surface area contributed by atoms with Crippen LogP contribution in [0, 0.1) is 0 Å². The van der Waals surface area contributed by atoms with Gasteiger partial charge >= 0.3 is 0 Å². The number of fused-ring (bicyclic) bond motifs is 2. The van der Waals surface area contributed by atoms with E-state index in [2.05, 4.69) is 20.7 Å². The van der Waals surface area contributed by atoms with Crippen LogP contribution in [0.25, 0.3) is 21.8 Å². The van der Waals surface area contributed by atoms with E-state index in [0.29, 0.717) is 22.3 Å². The molecule has 0 aliphatic heterocycles. The van der Waals surface area contributed by atoms with Gasteiger partial charge in [0, 0.05) is 24.3 Å². The predicted molar refractivity (Wildman–Crippen MR) is 140 cm³/mol. The summed E-state index contributed by atoms with van der Waals surface area (Å²) in [6.07, 6.45) is 5.05. The minimum atomic E-state index is -1.03. The number of nitrogens with zero attached hydrogens (tertiary/aromatic N) is 4. The highest BCUT2D eigenvalue weighted by Crippen LogP contribution is 2.26. The number of carbonyl (C=O) groups excluding carboxylic acids is 1. The number of anilines is 3. The Morgan fingerprint density at radius 1 is 1.03 bits per heavy atom. The average Bonchev–Trinajstić information content (AvgIpc) is 3.20. The fourth-order valence-corrected chi connectivity index (χ4v) is 4.16. The van der Waals surface area contributed by atoms with Crippen LogP contribution < -0.4 is 16.2 Å². The van der Waals surface area contributed by atoms with Crippen LogP contribution in [0.3, 0.4) is 0 Å². The lowest BCUT2D eigenvalue weighted by Crippen LogP contribution is -2.27. The van der Waals surface area contributed by atoms with Crippen LogP contribution in [-0.2, 0) is 24.0 Å². The van der Waals surface area contributed by atoms with Crippen molar-refractivity contribution in [3.8, 4) is 0 Å². The Balaban J connectivity index is 1.42. The third-order valence-corrected chi connectivity index (χ3v) is 6.02. The summed E-state index contributed by atoms with van der Waals surface area (Å²) in [5.74, 6) is -0.346. The van der Waals surface area contributed by atoms with Crippen LogP contribution in [0.4, 0.5) is 17.1 Å². The van der Waals surface area contributed by atoms with Gasteiger partial charge in [0.25, 0.3) is 5.56 Å². The molecule has 36 heavy (non-hydrogen) atoms. The molecule has 3 heterocycles. The normalized spacial score (nSPS) is 11.7. The number of nitrogens with one attached hydrogen (secondary N) is 2. The molecule has 0 radical (unpaired) electrons. The Kier molecular flexibility index (Phi) is 5.77. The molecule has 9 heteroatoms. The highest BCUT2D eigenvalue weighted by Gasteiger charge is 2.17. The second kappa shape index (κ2) is 8.94. The summed E-state index contributed by atoms with van der Waals surface area (Å²) in [6.45, 7) is 3.21. The average molecular weight is 483 g/mol. The molecule has 3 aromatic heterocycles. The lowest BCUT2D eigenvalue weighted by molar-refractivity contribution is -0.116. The third kappa shape index (κ3) is 4.56. The Morgan fingerprint density at radius 2 is 1.83 bits per heavy atom. The summed E-state index contributed by atoms with van der Waals surface area (Å²) in [7, 11) is 1.83. The summed E-state index contributed by atoms with van der Waals surface area (Å²) in [5.41, 5.74) is 2.02. The number of carbonyl (C=O) groups is 1. The van der Waals surface area contributed by atoms with Crippen LogP contribution >= 0.6 is 0 Å². The number of aromatic nitrogens is 4. The van der Waals surface area contributed by atoms with Gasteiger partial charge in [0.15, 0.2) is 5.65 Å². The number of amides is 1. The van der Waals surface area contributed by atoms with E-state index in [-0.39, 0.29) is 18.0 Å². The van der Waals surface area contributed by atoms with Crippen LogP contribution in [0.2, 0.25) is 0 Å². The van der Waals surface area contributed by atoms with Gasteiger partial charge < -0.3 is 20.3 Å². The zero-order chi connectivity index (χ0) is 25.4. The van der Waals surface area contributed by atoms with Crippen molar-refractivity contribution in [1.82, 2.24) is 19.3 Å². The monoisotopic (exact) mass is 482 g/mol. The Hall–Kier alpha value is -4.50. The molecule has 9 nitrogen and oxygen atoms in total. The molecule has 0 spiro atoms. The zero-order valence-electron chi connectivity index (χ0n) is 20.2. The number of benzene rings is 2. The van der Waals surface area contributed by atoms with Crippen molar-refractivity contribution in [2.75, 3.05) is 10.6 Å².